The standard InChI is InChI=1S/C13H20N2O2/c1-3-6-10(2)17-9-11-7-4-5-8-12(11)13(16)15-14/h4-5,7-8,10H,3,6,9,14H2,1-2H3,(H,15,16). The highest BCUT2D eigenvalue weighted by atomic mass is 16.5. The van der Waals surface area contributed by atoms with Gasteiger partial charge in [0.2, 0.25) is 0 Å². The zero-order chi connectivity index (χ0) is 12.7. The van der Waals surface area contributed by atoms with Gasteiger partial charge in [-0.15, -0.1) is 0 Å². The average Bonchev–Trinajstić information content (AvgIpc) is 2.36. The fourth-order valence-corrected chi connectivity index (χ4v) is 1.67. The van der Waals surface area contributed by atoms with E-state index in [1.807, 2.05) is 25.1 Å². The lowest BCUT2D eigenvalue weighted by Crippen LogP contribution is -2.30. The van der Waals surface area contributed by atoms with E-state index in [2.05, 4.69) is 12.3 Å². The van der Waals surface area contributed by atoms with Gasteiger partial charge in [-0.2, -0.15) is 0 Å². The molecule has 0 spiro atoms. The van der Waals surface area contributed by atoms with Crippen LogP contribution in [0, 0.1) is 0 Å². The maximum absolute atomic E-state index is 11.5. The van der Waals surface area contributed by atoms with Crippen LogP contribution < -0.4 is 11.3 Å². The van der Waals surface area contributed by atoms with Crippen LogP contribution in [0.4, 0.5) is 0 Å². The Morgan fingerprint density at radius 1 is 1.47 bits per heavy atom. The lowest BCUT2D eigenvalue weighted by Gasteiger charge is -2.13. The predicted octanol–water partition coefficient (Wildman–Crippen LogP) is 2.00. The van der Waals surface area contributed by atoms with Crippen molar-refractivity contribution in [3.8, 4) is 0 Å². The molecule has 4 heteroatoms. The molecule has 0 saturated heterocycles. The smallest absolute Gasteiger partial charge is 0.265 e. The largest absolute Gasteiger partial charge is 0.374 e. The molecule has 0 aliphatic rings. The molecule has 1 atom stereocenters. The Kier molecular flexibility index (Phi) is 5.66. The van der Waals surface area contributed by atoms with Gasteiger partial charge in [-0.25, -0.2) is 5.84 Å². The Morgan fingerprint density at radius 3 is 2.82 bits per heavy atom. The number of rotatable bonds is 6. The van der Waals surface area contributed by atoms with Gasteiger partial charge in [-0.3, -0.25) is 10.2 Å². The van der Waals surface area contributed by atoms with Crippen molar-refractivity contribution in [2.24, 2.45) is 5.84 Å². The van der Waals surface area contributed by atoms with E-state index in [0.29, 0.717) is 12.2 Å². The number of nitrogen functional groups attached to an aromatic ring is 1. The van der Waals surface area contributed by atoms with Gasteiger partial charge in [0.15, 0.2) is 0 Å². The number of amides is 1. The first-order chi connectivity index (χ1) is 8.19. The van der Waals surface area contributed by atoms with E-state index in [4.69, 9.17) is 10.6 Å². The van der Waals surface area contributed by atoms with Gasteiger partial charge in [-0.1, -0.05) is 31.5 Å². The number of hydrazine groups is 1. The number of nitrogens with two attached hydrogens (primary N) is 1. The summed E-state index contributed by atoms with van der Waals surface area (Å²) in [5, 5.41) is 0. The first-order valence-corrected chi connectivity index (χ1v) is 5.89. The first-order valence-electron chi connectivity index (χ1n) is 5.89. The van der Waals surface area contributed by atoms with Crippen LogP contribution in [-0.4, -0.2) is 12.0 Å². The van der Waals surface area contributed by atoms with E-state index in [-0.39, 0.29) is 12.0 Å². The molecule has 94 valence electrons. The zero-order valence-electron chi connectivity index (χ0n) is 10.4. The SMILES string of the molecule is CCCC(C)OCc1ccccc1C(=O)NN. The molecule has 0 aliphatic carbocycles. The molecule has 0 saturated carbocycles. The van der Waals surface area contributed by atoms with Crippen LogP contribution in [0.5, 0.6) is 0 Å². The van der Waals surface area contributed by atoms with Gasteiger partial charge in [0.05, 0.1) is 12.7 Å². The number of carbonyl (C=O) groups is 1. The lowest BCUT2D eigenvalue weighted by molar-refractivity contribution is 0.0465. The second-order valence-corrected chi connectivity index (χ2v) is 4.04. The minimum atomic E-state index is -0.285. The summed E-state index contributed by atoms with van der Waals surface area (Å²) in [4.78, 5) is 11.5. The maximum atomic E-state index is 11.5. The Labute approximate surface area is 102 Å². The first kappa shape index (κ1) is 13.7. The minimum Gasteiger partial charge on any atom is -0.374 e. The summed E-state index contributed by atoms with van der Waals surface area (Å²) in [6.07, 6.45) is 2.31. The summed E-state index contributed by atoms with van der Waals surface area (Å²) in [5.74, 6) is 4.85. The summed E-state index contributed by atoms with van der Waals surface area (Å²) in [6, 6.07) is 7.31. The van der Waals surface area contributed by atoms with Crippen molar-refractivity contribution in [3.05, 3.63) is 35.4 Å². The van der Waals surface area contributed by atoms with E-state index >= 15 is 0 Å². The quantitative estimate of drug-likeness (QED) is 0.451. The molecular formula is C13H20N2O2. The molecule has 1 amide bonds. The molecule has 1 aromatic carbocycles. The Balaban J connectivity index is 2.67. The Morgan fingerprint density at radius 2 is 2.18 bits per heavy atom. The van der Waals surface area contributed by atoms with Crippen LogP contribution in [0.2, 0.25) is 0 Å². The van der Waals surface area contributed by atoms with Gasteiger partial charge < -0.3 is 4.74 Å². The van der Waals surface area contributed by atoms with Crippen molar-refractivity contribution in [1.29, 1.82) is 0 Å². The number of carbonyl (C=O) groups excluding carboxylic acids is 1. The summed E-state index contributed by atoms with van der Waals surface area (Å²) < 4.78 is 5.68. The van der Waals surface area contributed by atoms with Crippen LogP contribution in [-0.2, 0) is 11.3 Å². The normalized spacial score (nSPS) is 12.2. The number of nitrogens with one attached hydrogen (secondary N) is 1. The molecule has 4 nitrogen and oxygen atoms in total. The molecule has 1 rings (SSSR count). The second kappa shape index (κ2) is 7.04. The van der Waals surface area contributed by atoms with E-state index in [1.54, 1.807) is 6.07 Å². The second-order valence-electron chi connectivity index (χ2n) is 4.04. The number of benzene rings is 1. The molecule has 0 aliphatic heterocycles. The van der Waals surface area contributed by atoms with Gasteiger partial charge in [0, 0.05) is 5.56 Å². The van der Waals surface area contributed by atoms with Crippen molar-refractivity contribution in [1.82, 2.24) is 5.43 Å². The van der Waals surface area contributed by atoms with Crippen LogP contribution in [0.1, 0.15) is 42.6 Å². The maximum Gasteiger partial charge on any atom is 0.265 e. The summed E-state index contributed by atoms with van der Waals surface area (Å²) in [7, 11) is 0. The molecule has 0 heterocycles. The van der Waals surface area contributed by atoms with Crippen LogP contribution >= 0.6 is 0 Å². The molecule has 3 N–H and O–H groups in total. The highest BCUT2D eigenvalue weighted by Crippen LogP contribution is 2.12. The average molecular weight is 236 g/mol. The molecule has 17 heavy (non-hydrogen) atoms. The van der Waals surface area contributed by atoms with Crippen LogP contribution in [0.15, 0.2) is 24.3 Å². The van der Waals surface area contributed by atoms with Gasteiger partial charge >= 0.3 is 0 Å². The molecule has 0 aromatic heterocycles. The van der Waals surface area contributed by atoms with Crippen LogP contribution in [0.3, 0.4) is 0 Å². The fourth-order valence-electron chi connectivity index (χ4n) is 1.67. The van der Waals surface area contributed by atoms with E-state index in [9.17, 15) is 4.79 Å². The predicted molar refractivity (Wildman–Crippen MR) is 67.3 cm³/mol. The Hall–Kier alpha value is -1.39. The summed E-state index contributed by atoms with van der Waals surface area (Å²) in [6.45, 7) is 4.59. The molecular weight excluding hydrogens is 216 g/mol. The van der Waals surface area contributed by atoms with E-state index in [0.717, 1.165) is 18.4 Å². The third-order valence-electron chi connectivity index (χ3n) is 2.61. The number of hydrogen-bond acceptors (Lipinski definition) is 3. The monoisotopic (exact) mass is 236 g/mol. The lowest BCUT2D eigenvalue weighted by atomic mass is 10.1. The van der Waals surface area contributed by atoms with Gasteiger partial charge in [0.25, 0.3) is 5.91 Å². The fraction of sp³-hybridized carbons (Fsp3) is 0.462. The Bertz CT molecular complexity index is 366. The summed E-state index contributed by atoms with van der Waals surface area (Å²) >= 11 is 0. The van der Waals surface area contributed by atoms with Crippen molar-refractivity contribution in [2.45, 2.75) is 39.4 Å². The zero-order valence-corrected chi connectivity index (χ0v) is 10.4. The van der Waals surface area contributed by atoms with Crippen molar-refractivity contribution >= 4 is 5.91 Å². The summed E-state index contributed by atoms with van der Waals surface area (Å²) in [5.41, 5.74) is 3.57. The van der Waals surface area contributed by atoms with E-state index < -0.39 is 0 Å². The molecule has 1 unspecified atom stereocenters. The topological polar surface area (TPSA) is 64.3 Å². The van der Waals surface area contributed by atoms with Crippen molar-refractivity contribution in [3.63, 3.8) is 0 Å². The molecule has 1 aromatic rings. The molecule has 0 bridgehead atoms. The third kappa shape index (κ3) is 4.17. The van der Waals surface area contributed by atoms with E-state index in [1.165, 1.54) is 0 Å². The van der Waals surface area contributed by atoms with Gasteiger partial charge in [-0.05, 0) is 25.0 Å². The molecule has 0 fully saturated rings. The highest BCUT2D eigenvalue weighted by molar-refractivity contribution is 5.95. The van der Waals surface area contributed by atoms with Crippen molar-refractivity contribution in [2.75, 3.05) is 0 Å². The molecule has 0 radical (unpaired) electrons. The minimum absolute atomic E-state index is 0.203. The van der Waals surface area contributed by atoms with Crippen LogP contribution in [0.25, 0.3) is 0 Å². The van der Waals surface area contributed by atoms with Gasteiger partial charge in [0.1, 0.15) is 0 Å². The van der Waals surface area contributed by atoms with Crippen molar-refractivity contribution < 1.29 is 9.53 Å². The third-order valence-corrected chi connectivity index (χ3v) is 2.61. The number of ether oxygens (including phenoxy) is 1. The number of hydrogen-bond donors (Lipinski definition) is 2. The highest BCUT2D eigenvalue weighted by Gasteiger charge is 2.10.